The first-order valence-electron chi connectivity index (χ1n) is 6.13. The Kier molecular flexibility index (Phi) is 5.01. The number of likely N-dealkylation sites (N-methyl/N-ethyl adjacent to an activating group) is 1. The topological polar surface area (TPSA) is 32.3 Å². The van der Waals surface area contributed by atoms with E-state index in [1.807, 2.05) is 33.0 Å². The molecule has 1 N–H and O–H groups in total. The number of benzene rings is 1. The molecular weight excluding hydrogens is 212 g/mol. The van der Waals surface area contributed by atoms with E-state index in [1.54, 1.807) is 4.90 Å². The Hall–Kier alpha value is -1.51. The van der Waals surface area contributed by atoms with E-state index in [1.165, 1.54) is 5.56 Å². The van der Waals surface area contributed by atoms with Crippen LogP contribution in [0.2, 0.25) is 0 Å². The van der Waals surface area contributed by atoms with Gasteiger partial charge in [0, 0.05) is 18.8 Å². The van der Waals surface area contributed by atoms with Crippen molar-refractivity contribution >= 4 is 11.6 Å². The molecule has 3 nitrogen and oxygen atoms in total. The van der Waals surface area contributed by atoms with Crippen LogP contribution in [0.4, 0.5) is 5.69 Å². The lowest BCUT2D eigenvalue weighted by Gasteiger charge is -2.21. The number of hydrogen-bond donors (Lipinski definition) is 1. The van der Waals surface area contributed by atoms with Crippen molar-refractivity contribution in [1.82, 2.24) is 4.90 Å². The summed E-state index contributed by atoms with van der Waals surface area (Å²) in [4.78, 5) is 13.5. The SMILES string of the molecule is CCc1cccc(NCC(=O)N(C)C(C)C)c1. The van der Waals surface area contributed by atoms with E-state index in [9.17, 15) is 4.79 Å². The van der Waals surface area contributed by atoms with Gasteiger partial charge in [0.15, 0.2) is 0 Å². The molecule has 0 aromatic heterocycles. The minimum absolute atomic E-state index is 0.113. The summed E-state index contributed by atoms with van der Waals surface area (Å²) in [5.74, 6) is 0.113. The smallest absolute Gasteiger partial charge is 0.241 e. The number of nitrogens with zero attached hydrogens (tertiary/aromatic N) is 1. The van der Waals surface area contributed by atoms with Crippen molar-refractivity contribution < 1.29 is 4.79 Å². The maximum Gasteiger partial charge on any atom is 0.241 e. The molecule has 0 heterocycles. The Morgan fingerprint density at radius 1 is 1.41 bits per heavy atom. The van der Waals surface area contributed by atoms with Gasteiger partial charge in [0.1, 0.15) is 0 Å². The Balaban J connectivity index is 2.52. The van der Waals surface area contributed by atoms with Gasteiger partial charge < -0.3 is 10.2 Å². The predicted octanol–water partition coefficient (Wildman–Crippen LogP) is 2.53. The van der Waals surface area contributed by atoms with Gasteiger partial charge in [-0.05, 0) is 38.0 Å². The van der Waals surface area contributed by atoms with Crippen molar-refractivity contribution in [2.75, 3.05) is 18.9 Å². The first-order chi connectivity index (χ1) is 8.04. The normalized spacial score (nSPS) is 10.4. The molecule has 1 aromatic rings. The highest BCUT2D eigenvalue weighted by Gasteiger charge is 2.10. The van der Waals surface area contributed by atoms with Crippen LogP contribution in [0.25, 0.3) is 0 Å². The highest BCUT2D eigenvalue weighted by Crippen LogP contribution is 2.10. The molecule has 17 heavy (non-hydrogen) atoms. The number of amides is 1. The average molecular weight is 234 g/mol. The highest BCUT2D eigenvalue weighted by atomic mass is 16.2. The molecule has 0 aliphatic heterocycles. The summed E-state index contributed by atoms with van der Waals surface area (Å²) in [6.45, 7) is 6.49. The predicted molar refractivity (Wildman–Crippen MR) is 72.2 cm³/mol. The Morgan fingerprint density at radius 3 is 2.71 bits per heavy atom. The molecule has 0 unspecified atom stereocenters. The van der Waals surface area contributed by atoms with Gasteiger partial charge in [0.25, 0.3) is 0 Å². The van der Waals surface area contributed by atoms with Crippen LogP contribution in [-0.2, 0) is 11.2 Å². The maximum atomic E-state index is 11.8. The molecule has 1 rings (SSSR count). The molecule has 1 amide bonds. The third-order valence-electron chi connectivity index (χ3n) is 2.95. The van der Waals surface area contributed by atoms with Gasteiger partial charge in [-0.1, -0.05) is 19.1 Å². The molecule has 0 aliphatic rings. The summed E-state index contributed by atoms with van der Waals surface area (Å²) in [5.41, 5.74) is 2.29. The van der Waals surface area contributed by atoms with Crippen LogP contribution in [0.5, 0.6) is 0 Å². The molecule has 3 heteroatoms. The second-order valence-electron chi connectivity index (χ2n) is 4.51. The zero-order chi connectivity index (χ0) is 12.8. The van der Waals surface area contributed by atoms with Crippen LogP contribution in [0.15, 0.2) is 24.3 Å². The van der Waals surface area contributed by atoms with Crippen molar-refractivity contribution in [3.63, 3.8) is 0 Å². The molecule has 0 bridgehead atoms. The lowest BCUT2D eigenvalue weighted by atomic mass is 10.1. The fraction of sp³-hybridized carbons (Fsp3) is 0.500. The molecule has 0 spiro atoms. The van der Waals surface area contributed by atoms with Crippen molar-refractivity contribution in [3.8, 4) is 0 Å². The zero-order valence-corrected chi connectivity index (χ0v) is 11.2. The van der Waals surface area contributed by atoms with Crippen molar-refractivity contribution in [2.45, 2.75) is 33.2 Å². The van der Waals surface area contributed by atoms with E-state index in [-0.39, 0.29) is 11.9 Å². The van der Waals surface area contributed by atoms with Gasteiger partial charge in [-0.15, -0.1) is 0 Å². The number of aryl methyl sites for hydroxylation is 1. The van der Waals surface area contributed by atoms with Crippen molar-refractivity contribution in [2.24, 2.45) is 0 Å². The summed E-state index contributed by atoms with van der Waals surface area (Å²) in [5, 5.41) is 3.16. The number of carbonyl (C=O) groups is 1. The van der Waals surface area contributed by atoms with E-state index in [4.69, 9.17) is 0 Å². The Labute approximate surface area is 104 Å². The largest absolute Gasteiger partial charge is 0.376 e. The minimum atomic E-state index is 0.113. The zero-order valence-electron chi connectivity index (χ0n) is 11.2. The van der Waals surface area contributed by atoms with Gasteiger partial charge in [-0.3, -0.25) is 4.79 Å². The van der Waals surface area contributed by atoms with Crippen LogP contribution in [-0.4, -0.2) is 30.4 Å². The lowest BCUT2D eigenvalue weighted by molar-refractivity contribution is -0.129. The van der Waals surface area contributed by atoms with E-state index < -0.39 is 0 Å². The molecule has 94 valence electrons. The van der Waals surface area contributed by atoms with Gasteiger partial charge in [0.05, 0.1) is 6.54 Å². The van der Waals surface area contributed by atoms with Gasteiger partial charge in [-0.2, -0.15) is 0 Å². The van der Waals surface area contributed by atoms with E-state index in [0.29, 0.717) is 6.54 Å². The minimum Gasteiger partial charge on any atom is -0.376 e. The van der Waals surface area contributed by atoms with Crippen LogP contribution >= 0.6 is 0 Å². The molecule has 0 fully saturated rings. The van der Waals surface area contributed by atoms with Gasteiger partial charge >= 0.3 is 0 Å². The fourth-order valence-corrected chi connectivity index (χ4v) is 1.49. The molecule has 0 saturated carbocycles. The number of nitrogens with one attached hydrogen (secondary N) is 1. The van der Waals surface area contributed by atoms with E-state index in [2.05, 4.69) is 24.4 Å². The monoisotopic (exact) mass is 234 g/mol. The second-order valence-corrected chi connectivity index (χ2v) is 4.51. The number of anilines is 1. The summed E-state index contributed by atoms with van der Waals surface area (Å²) >= 11 is 0. The molecule has 0 aliphatic carbocycles. The number of carbonyl (C=O) groups excluding carboxylic acids is 1. The van der Waals surface area contributed by atoms with Crippen LogP contribution < -0.4 is 5.32 Å². The van der Waals surface area contributed by atoms with E-state index in [0.717, 1.165) is 12.1 Å². The average Bonchev–Trinajstić information content (AvgIpc) is 2.35. The van der Waals surface area contributed by atoms with Crippen LogP contribution in [0, 0.1) is 0 Å². The lowest BCUT2D eigenvalue weighted by Crippen LogP contribution is -2.37. The maximum absolute atomic E-state index is 11.8. The molecular formula is C14H22N2O. The first kappa shape index (κ1) is 13.6. The Bertz CT molecular complexity index is 374. The van der Waals surface area contributed by atoms with Crippen molar-refractivity contribution in [3.05, 3.63) is 29.8 Å². The summed E-state index contributed by atoms with van der Waals surface area (Å²) < 4.78 is 0. The first-order valence-corrected chi connectivity index (χ1v) is 6.13. The molecule has 0 saturated heterocycles. The Morgan fingerprint density at radius 2 is 2.12 bits per heavy atom. The van der Waals surface area contributed by atoms with Crippen LogP contribution in [0.3, 0.4) is 0 Å². The number of rotatable bonds is 5. The third kappa shape index (κ3) is 4.10. The highest BCUT2D eigenvalue weighted by molar-refractivity contribution is 5.80. The number of hydrogen-bond acceptors (Lipinski definition) is 2. The standard InChI is InChI=1S/C14H22N2O/c1-5-12-7-6-8-13(9-12)15-10-14(17)16(4)11(2)3/h6-9,11,15H,5,10H2,1-4H3. The third-order valence-corrected chi connectivity index (χ3v) is 2.95. The van der Waals surface area contributed by atoms with Gasteiger partial charge in [-0.25, -0.2) is 0 Å². The molecule has 0 atom stereocenters. The van der Waals surface area contributed by atoms with Crippen LogP contribution in [0.1, 0.15) is 26.3 Å². The van der Waals surface area contributed by atoms with Crippen molar-refractivity contribution in [1.29, 1.82) is 0 Å². The second kappa shape index (κ2) is 6.28. The van der Waals surface area contributed by atoms with Gasteiger partial charge in [0.2, 0.25) is 5.91 Å². The molecule has 1 aromatic carbocycles. The summed E-state index contributed by atoms with van der Waals surface area (Å²) in [6.07, 6.45) is 1.01. The van der Waals surface area contributed by atoms with E-state index >= 15 is 0 Å². The molecule has 0 radical (unpaired) electrons. The quantitative estimate of drug-likeness (QED) is 0.849. The fourth-order valence-electron chi connectivity index (χ4n) is 1.49. The summed E-state index contributed by atoms with van der Waals surface area (Å²) in [7, 11) is 1.83. The summed E-state index contributed by atoms with van der Waals surface area (Å²) in [6, 6.07) is 8.42.